The molecule has 6 heteroatoms. The molecule has 1 saturated heterocycles. The molecule has 0 spiro atoms. The van der Waals surface area contributed by atoms with Crippen LogP contribution in [0.4, 0.5) is 4.79 Å². The van der Waals surface area contributed by atoms with Crippen LogP contribution >= 0.6 is 0 Å². The van der Waals surface area contributed by atoms with Gasteiger partial charge in [-0.2, -0.15) is 0 Å². The normalized spacial score (nSPS) is 16.7. The number of piperidine rings is 1. The fourth-order valence-electron chi connectivity index (χ4n) is 3.49. The van der Waals surface area contributed by atoms with E-state index in [9.17, 15) is 9.59 Å². The number of hydrogen-bond donors (Lipinski definition) is 2. The number of likely N-dealkylation sites (tertiary alicyclic amines) is 1. The first-order valence-electron chi connectivity index (χ1n) is 9.85. The summed E-state index contributed by atoms with van der Waals surface area (Å²) in [7, 11) is 0. The number of nitrogens with one attached hydrogen (secondary N) is 2. The van der Waals surface area contributed by atoms with E-state index >= 15 is 0 Å². The van der Waals surface area contributed by atoms with E-state index in [0.717, 1.165) is 30.5 Å². The fourth-order valence-corrected chi connectivity index (χ4v) is 3.49. The van der Waals surface area contributed by atoms with E-state index in [1.807, 2.05) is 55.1 Å². The zero-order chi connectivity index (χ0) is 19.9. The topological polar surface area (TPSA) is 74.3 Å². The van der Waals surface area contributed by atoms with Crippen LogP contribution in [0.15, 0.2) is 48.8 Å². The number of urea groups is 1. The molecule has 0 saturated carbocycles. The van der Waals surface area contributed by atoms with Gasteiger partial charge in [0.05, 0.1) is 0 Å². The number of amides is 3. The van der Waals surface area contributed by atoms with Gasteiger partial charge in [0, 0.05) is 49.6 Å². The number of carbonyl (C=O) groups excluding carboxylic acids is 2. The highest BCUT2D eigenvalue weighted by molar-refractivity contribution is 5.94. The van der Waals surface area contributed by atoms with Gasteiger partial charge >= 0.3 is 6.03 Å². The van der Waals surface area contributed by atoms with Crippen molar-refractivity contribution >= 4 is 11.9 Å². The van der Waals surface area contributed by atoms with Crippen LogP contribution < -0.4 is 10.6 Å². The first kappa shape index (κ1) is 19.9. The van der Waals surface area contributed by atoms with Gasteiger partial charge in [0.2, 0.25) is 0 Å². The SMILES string of the molecule is CC(C)NC(=O)N1CCC[C@H](c2cccc(C(=O)NCc3ccncc3)c2)C1. The van der Waals surface area contributed by atoms with E-state index in [1.165, 1.54) is 0 Å². The van der Waals surface area contributed by atoms with Gasteiger partial charge in [0.15, 0.2) is 0 Å². The van der Waals surface area contributed by atoms with Crippen LogP contribution in [0.3, 0.4) is 0 Å². The molecule has 1 aromatic carbocycles. The van der Waals surface area contributed by atoms with Crippen molar-refractivity contribution in [3.8, 4) is 0 Å². The predicted molar refractivity (Wildman–Crippen MR) is 109 cm³/mol. The molecule has 0 unspecified atom stereocenters. The largest absolute Gasteiger partial charge is 0.348 e. The molecule has 3 amide bonds. The Morgan fingerprint density at radius 1 is 1.21 bits per heavy atom. The van der Waals surface area contributed by atoms with Crippen LogP contribution in [0, 0.1) is 0 Å². The molecule has 2 N–H and O–H groups in total. The van der Waals surface area contributed by atoms with Crippen molar-refractivity contribution < 1.29 is 9.59 Å². The Bertz CT molecular complexity index is 807. The highest BCUT2D eigenvalue weighted by atomic mass is 16.2. The molecular formula is C22H28N4O2. The Hall–Kier alpha value is -2.89. The number of hydrogen-bond acceptors (Lipinski definition) is 3. The van der Waals surface area contributed by atoms with Crippen LogP contribution in [0.2, 0.25) is 0 Å². The summed E-state index contributed by atoms with van der Waals surface area (Å²) in [5.41, 5.74) is 2.77. The van der Waals surface area contributed by atoms with E-state index < -0.39 is 0 Å². The minimum Gasteiger partial charge on any atom is -0.348 e. The van der Waals surface area contributed by atoms with Crippen molar-refractivity contribution in [1.29, 1.82) is 0 Å². The Balaban J connectivity index is 1.63. The molecule has 148 valence electrons. The third-order valence-electron chi connectivity index (χ3n) is 4.94. The van der Waals surface area contributed by atoms with Gasteiger partial charge in [-0.25, -0.2) is 4.79 Å². The molecule has 1 aliphatic rings. The summed E-state index contributed by atoms with van der Waals surface area (Å²) in [6.45, 7) is 5.86. The zero-order valence-electron chi connectivity index (χ0n) is 16.5. The van der Waals surface area contributed by atoms with Gasteiger partial charge < -0.3 is 15.5 Å². The summed E-state index contributed by atoms with van der Waals surface area (Å²) in [4.78, 5) is 30.7. The number of carbonyl (C=O) groups is 2. The summed E-state index contributed by atoms with van der Waals surface area (Å²) in [6.07, 6.45) is 5.42. The van der Waals surface area contributed by atoms with Crippen molar-refractivity contribution in [1.82, 2.24) is 20.5 Å². The summed E-state index contributed by atoms with van der Waals surface area (Å²) < 4.78 is 0. The second-order valence-corrected chi connectivity index (χ2v) is 7.55. The molecular weight excluding hydrogens is 352 g/mol. The molecule has 1 aromatic heterocycles. The van der Waals surface area contributed by atoms with E-state index in [2.05, 4.69) is 15.6 Å². The van der Waals surface area contributed by atoms with Gasteiger partial charge in [-0.05, 0) is 62.1 Å². The van der Waals surface area contributed by atoms with E-state index in [-0.39, 0.29) is 23.9 Å². The van der Waals surface area contributed by atoms with Crippen molar-refractivity contribution in [3.05, 3.63) is 65.5 Å². The number of pyridine rings is 1. The Morgan fingerprint density at radius 3 is 2.75 bits per heavy atom. The monoisotopic (exact) mass is 380 g/mol. The zero-order valence-corrected chi connectivity index (χ0v) is 16.5. The van der Waals surface area contributed by atoms with Gasteiger partial charge in [-0.3, -0.25) is 9.78 Å². The third-order valence-corrected chi connectivity index (χ3v) is 4.94. The second kappa shape index (κ2) is 9.35. The number of rotatable bonds is 5. The molecule has 1 fully saturated rings. The Labute approximate surface area is 166 Å². The summed E-state index contributed by atoms with van der Waals surface area (Å²) >= 11 is 0. The molecule has 1 atom stereocenters. The highest BCUT2D eigenvalue weighted by Gasteiger charge is 2.25. The highest BCUT2D eigenvalue weighted by Crippen LogP contribution is 2.27. The first-order chi connectivity index (χ1) is 13.5. The summed E-state index contributed by atoms with van der Waals surface area (Å²) in [5, 5.41) is 5.92. The van der Waals surface area contributed by atoms with E-state index in [1.54, 1.807) is 12.4 Å². The quantitative estimate of drug-likeness (QED) is 0.836. The molecule has 28 heavy (non-hydrogen) atoms. The maximum Gasteiger partial charge on any atom is 0.317 e. The molecule has 6 nitrogen and oxygen atoms in total. The lowest BCUT2D eigenvalue weighted by molar-refractivity contribution is 0.0950. The lowest BCUT2D eigenvalue weighted by Gasteiger charge is -2.33. The molecule has 2 heterocycles. The number of nitrogens with zero attached hydrogens (tertiary/aromatic N) is 2. The lowest BCUT2D eigenvalue weighted by atomic mass is 9.89. The van der Waals surface area contributed by atoms with Crippen LogP contribution in [0.5, 0.6) is 0 Å². The van der Waals surface area contributed by atoms with Gasteiger partial charge in [-0.1, -0.05) is 12.1 Å². The van der Waals surface area contributed by atoms with Gasteiger partial charge in [0.25, 0.3) is 5.91 Å². The van der Waals surface area contributed by atoms with Gasteiger partial charge in [-0.15, -0.1) is 0 Å². The first-order valence-corrected chi connectivity index (χ1v) is 9.85. The molecule has 2 aromatic rings. The van der Waals surface area contributed by atoms with E-state index in [0.29, 0.717) is 18.7 Å². The van der Waals surface area contributed by atoms with Crippen LogP contribution in [-0.2, 0) is 6.54 Å². The minimum absolute atomic E-state index is 0.00838. The number of aromatic nitrogens is 1. The molecule has 0 radical (unpaired) electrons. The van der Waals surface area contributed by atoms with Crippen LogP contribution in [0.25, 0.3) is 0 Å². The summed E-state index contributed by atoms with van der Waals surface area (Å²) in [5.74, 6) is 0.156. The average molecular weight is 380 g/mol. The van der Waals surface area contributed by atoms with Crippen molar-refractivity contribution in [3.63, 3.8) is 0 Å². The smallest absolute Gasteiger partial charge is 0.317 e. The maximum atomic E-state index is 12.5. The molecule has 3 rings (SSSR count). The van der Waals surface area contributed by atoms with E-state index in [4.69, 9.17) is 0 Å². The summed E-state index contributed by atoms with van der Waals surface area (Å²) in [6, 6.07) is 11.6. The maximum absolute atomic E-state index is 12.5. The minimum atomic E-state index is -0.0936. The van der Waals surface area contributed by atoms with Crippen LogP contribution in [0.1, 0.15) is 54.1 Å². The second-order valence-electron chi connectivity index (χ2n) is 7.55. The Kier molecular flexibility index (Phi) is 6.63. The van der Waals surface area contributed by atoms with Crippen LogP contribution in [-0.4, -0.2) is 41.0 Å². The molecule has 0 bridgehead atoms. The standard InChI is InChI=1S/C22H28N4O2/c1-16(2)25-22(28)26-12-4-7-20(15-26)18-5-3-6-19(13-18)21(27)24-14-17-8-10-23-11-9-17/h3,5-6,8-11,13,16,20H,4,7,12,14-15H2,1-2H3,(H,24,27)(H,25,28)/t20-/m0/s1. The average Bonchev–Trinajstić information content (AvgIpc) is 2.72. The number of benzene rings is 1. The van der Waals surface area contributed by atoms with Crippen molar-refractivity contribution in [2.24, 2.45) is 0 Å². The Morgan fingerprint density at radius 2 is 2.00 bits per heavy atom. The third kappa shape index (κ3) is 5.31. The predicted octanol–water partition coefficient (Wildman–Crippen LogP) is 3.31. The van der Waals surface area contributed by atoms with Crippen molar-refractivity contribution in [2.75, 3.05) is 13.1 Å². The molecule has 1 aliphatic heterocycles. The van der Waals surface area contributed by atoms with Gasteiger partial charge in [0.1, 0.15) is 0 Å². The fraction of sp³-hybridized carbons (Fsp3) is 0.409. The van der Waals surface area contributed by atoms with Crippen molar-refractivity contribution in [2.45, 2.75) is 45.2 Å². The lowest BCUT2D eigenvalue weighted by Crippen LogP contribution is -2.47. The molecule has 0 aliphatic carbocycles.